The first-order valence-corrected chi connectivity index (χ1v) is 11.5. The van der Waals surface area contributed by atoms with E-state index < -0.39 is 5.97 Å². The summed E-state index contributed by atoms with van der Waals surface area (Å²) in [6.45, 7) is 2.54. The number of hydrogen-bond donors (Lipinski definition) is 2. The molecule has 0 unspecified atom stereocenters. The fourth-order valence-corrected chi connectivity index (χ4v) is 4.00. The van der Waals surface area contributed by atoms with Crippen LogP contribution in [0.1, 0.15) is 36.8 Å². The van der Waals surface area contributed by atoms with E-state index in [4.69, 9.17) is 22.1 Å². The Labute approximate surface area is 202 Å². The van der Waals surface area contributed by atoms with Crippen LogP contribution in [-0.4, -0.2) is 42.7 Å². The third-order valence-electron chi connectivity index (χ3n) is 5.51. The number of halogens is 1. The van der Waals surface area contributed by atoms with Crippen molar-refractivity contribution in [2.45, 2.75) is 39.3 Å². The van der Waals surface area contributed by atoms with Gasteiger partial charge in [-0.25, -0.2) is 4.98 Å². The SMILES string of the molecule is CCCCc1nc(Cl)c(COC(=O)CN)n1Cc1ccc(-c2ccccc2-c2nn[nH]n2)cc1. The number of carbonyl (C=O) groups excluding carboxylic acids is 1. The third kappa shape index (κ3) is 5.32. The second-order valence-electron chi connectivity index (χ2n) is 7.80. The van der Waals surface area contributed by atoms with Crippen LogP contribution in [0.15, 0.2) is 48.5 Å². The van der Waals surface area contributed by atoms with E-state index in [1.807, 2.05) is 28.8 Å². The van der Waals surface area contributed by atoms with Crippen LogP contribution >= 0.6 is 11.6 Å². The number of nitrogens with zero attached hydrogens (tertiary/aromatic N) is 5. The number of nitrogens with two attached hydrogens (primary N) is 1. The van der Waals surface area contributed by atoms with Gasteiger partial charge in [0.05, 0.1) is 12.2 Å². The summed E-state index contributed by atoms with van der Waals surface area (Å²) < 4.78 is 7.28. The van der Waals surface area contributed by atoms with Crippen LogP contribution in [0.25, 0.3) is 22.5 Å². The topological polar surface area (TPSA) is 125 Å². The zero-order chi connectivity index (χ0) is 23.9. The molecule has 2 aromatic carbocycles. The van der Waals surface area contributed by atoms with Crippen molar-refractivity contribution in [2.75, 3.05) is 6.54 Å². The van der Waals surface area contributed by atoms with E-state index in [1.165, 1.54) is 0 Å². The first kappa shape index (κ1) is 23.6. The van der Waals surface area contributed by atoms with Crippen molar-refractivity contribution >= 4 is 17.6 Å². The summed E-state index contributed by atoms with van der Waals surface area (Å²) in [6, 6.07) is 16.2. The van der Waals surface area contributed by atoms with Crippen molar-refractivity contribution in [3.8, 4) is 22.5 Å². The molecule has 176 valence electrons. The quantitative estimate of drug-likeness (QED) is 0.331. The Balaban J connectivity index is 1.61. The average Bonchev–Trinajstić information content (AvgIpc) is 3.50. The second-order valence-corrected chi connectivity index (χ2v) is 8.16. The fourth-order valence-electron chi connectivity index (χ4n) is 3.74. The van der Waals surface area contributed by atoms with Crippen LogP contribution in [0.2, 0.25) is 5.15 Å². The van der Waals surface area contributed by atoms with Crippen LogP contribution < -0.4 is 5.73 Å². The summed E-state index contributed by atoms with van der Waals surface area (Å²) in [5.41, 5.74) is 10.1. The van der Waals surface area contributed by atoms with E-state index in [1.54, 1.807) is 0 Å². The number of imidazole rings is 1. The Hall–Kier alpha value is -3.56. The fraction of sp³-hybridized carbons (Fsp3) is 0.292. The lowest BCUT2D eigenvalue weighted by Gasteiger charge is -2.13. The van der Waals surface area contributed by atoms with Crippen molar-refractivity contribution in [3.05, 3.63) is 70.8 Å². The molecule has 0 saturated heterocycles. The number of ether oxygens (including phenoxy) is 1. The Kier molecular flexibility index (Phi) is 7.66. The summed E-state index contributed by atoms with van der Waals surface area (Å²) in [4.78, 5) is 16.1. The van der Waals surface area contributed by atoms with E-state index in [0.29, 0.717) is 23.2 Å². The number of rotatable bonds is 10. The zero-order valence-corrected chi connectivity index (χ0v) is 19.6. The van der Waals surface area contributed by atoms with E-state index in [9.17, 15) is 4.79 Å². The minimum Gasteiger partial charge on any atom is -0.458 e. The Morgan fingerprint density at radius 2 is 1.91 bits per heavy atom. The van der Waals surface area contributed by atoms with Gasteiger partial charge in [0.25, 0.3) is 0 Å². The predicted octanol–water partition coefficient (Wildman–Crippen LogP) is 3.78. The van der Waals surface area contributed by atoms with Crippen molar-refractivity contribution in [1.82, 2.24) is 30.2 Å². The van der Waals surface area contributed by atoms with Gasteiger partial charge in [-0.3, -0.25) is 4.79 Å². The molecule has 0 fully saturated rings. The first-order valence-electron chi connectivity index (χ1n) is 11.1. The molecule has 0 bridgehead atoms. The molecule has 0 aliphatic heterocycles. The number of unbranched alkanes of at least 4 members (excludes halogenated alkanes) is 1. The molecular weight excluding hydrogens is 454 g/mol. The molecule has 9 nitrogen and oxygen atoms in total. The highest BCUT2D eigenvalue weighted by atomic mass is 35.5. The number of nitrogens with one attached hydrogen (secondary N) is 1. The summed E-state index contributed by atoms with van der Waals surface area (Å²) in [5, 5.41) is 14.8. The van der Waals surface area contributed by atoms with Gasteiger partial charge < -0.3 is 15.0 Å². The standard InChI is InChI=1S/C24H26ClN7O2/c1-2-3-8-21-27-23(25)20(15-34-22(33)13-26)32(21)14-16-9-11-17(12-10-16)18-6-4-5-7-19(18)24-28-30-31-29-24/h4-7,9-12H,2-3,8,13-15,26H2,1H3,(H,28,29,30,31). The van der Waals surface area contributed by atoms with Crippen LogP contribution in [0.4, 0.5) is 0 Å². The van der Waals surface area contributed by atoms with Crippen LogP contribution in [0.3, 0.4) is 0 Å². The monoisotopic (exact) mass is 479 g/mol. The van der Waals surface area contributed by atoms with Crippen LogP contribution in [0.5, 0.6) is 0 Å². The number of esters is 1. The maximum Gasteiger partial charge on any atom is 0.320 e. The molecule has 0 spiro atoms. The van der Waals surface area contributed by atoms with Gasteiger partial charge in [0.2, 0.25) is 5.82 Å². The van der Waals surface area contributed by atoms with E-state index >= 15 is 0 Å². The minimum atomic E-state index is -0.483. The largest absolute Gasteiger partial charge is 0.458 e. The Morgan fingerprint density at radius 1 is 1.15 bits per heavy atom. The third-order valence-corrected chi connectivity index (χ3v) is 5.81. The lowest BCUT2D eigenvalue weighted by molar-refractivity contribution is -0.143. The van der Waals surface area contributed by atoms with Crippen molar-refractivity contribution < 1.29 is 9.53 Å². The Bertz CT molecular complexity index is 1240. The van der Waals surface area contributed by atoms with Crippen LogP contribution in [-0.2, 0) is 29.1 Å². The molecule has 0 aliphatic rings. The average molecular weight is 480 g/mol. The lowest BCUT2D eigenvalue weighted by Crippen LogP contribution is -2.18. The molecule has 0 saturated carbocycles. The van der Waals surface area contributed by atoms with Crippen molar-refractivity contribution in [1.29, 1.82) is 0 Å². The lowest BCUT2D eigenvalue weighted by atomic mass is 9.98. The predicted molar refractivity (Wildman–Crippen MR) is 129 cm³/mol. The number of aromatic nitrogens is 6. The molecule has 2 heterocycles. The first-order chi connectivity index (χ1) is 16.6. The van der Waals surface area contributed by atoms with Gasteiger partial charge in [-0.05, 0) is 28.3 Å². The smallest absolute Gasteiger partial charge is 0.320 e. The van der Waals surface area contributed by atoms with Gasteiger partial charge in [-0.1, -0.05) is 73.5 Å². The minimum absolute atomic E-state index is 0.0319. The Morgan fingerprint density at radius 3 is 2.59 bits per heavy atom. The number of tetrazole rings is 1. The number of benzene rings is 2. The summed E-state index contributed by atoms with van der Waals surface area (Å²) >= 11 is 6.42. The molecule has 0 atom stereocenters. The summed E-state index contributed by atoms with van der Waals surface area (Å²) in [7, 11) is 0. The number of hydrogen-bond acceptors (Lipinski definition) is 7. The van der Waals surface area contributed by atoms with Crippen molar-refractivity contribution in [3.63, 3.8) is 0 Å². The summed E-state index contributed by atoms with van der Waals surface area (Å²) in [5.74, 6) is 0.936. The molecule has 10 heteroatoms. The highest BCUT2D eigenvalue weighted by Gasteiger charge is 2.18. The van der Waals surface area contributed by atoms with E-state index in [-0.39, 0.29) is 13.2 Å². The van der Waals surface area contributed by atoms with Gasteiger partial charge in [0.15, 0.2) is 5.15 Å². The molecule has 0 aliphatic carbocycles. The molecule has 4 aromatic rings. The maximum absolute atomic E-state index is 11.6. The number of aromatic amines is 1. The maximum atomic E-state index is 11.6. The number of aryl methyl sites for hydroxylation is 1. The molecule has 4 rings (SSSR count). The number of carbonyl (C=O) groups is 1. The number of H-pyrrole nitrogens is 1. The molecule has 3 N–H and O–H groups in total. The van der Waals surface area contributed by atoms with Gasteiger partial charge in [-0.2, -0.15) is 5.21 Å². The van der Waals surface area contributed by atoms with Gasteiger partial charge in [0.1, 0.15) is 12.4 Å². The second kappa shape index (κ2) is 11.0. The van der Waals surface area contributed by atoms with E-state index in [0.717, 1.165) is 47.3 Å². The highest BCUT2D eigenvalue weighted by Crippen LogP contribution is 2.30. The van der Waals surface area contributed by atoms with Gasteiger partial charge >= 0.3 is 5.97 Å². The normalized spacial score (nSPS) is 11.0. The van der Waals surface area contributed by atoms with Crippen molar-refractivity contribution in [2.24, 2.45) is 5.73 Å². The molecule has 2 aromatic heterocycles. The molecule has 0 amide bonds. The molecule has 34 heavy (non-hydrogen) atoms. The highest BCUT2D eigenvalue weighted by molar-refractivity contribution is 6.30. The molecular formula is C24H26ClN7O2. The van der Waals surface area contributed by atoms with Crippen LogP contribution in [0, 0.1) is 0 Å². The van der Waals surface area contributed by atoms with Gasteiger partial charge in [-0.15, -0.1) is 10.2 Å². The summed E-state index contributed by atoms with van der Waals surface area (Å²) in [6.07, 6.45) is 2.81. The van der Waals surface area contributed by atoms with E-state index in [2.05, 4.69) is 56.8 Å². The molecule has 0 radical (unpaired) electrons. The zero-order valence-electron chi connectivity index (χ0n) is 18.9. The van der Waals surface area contributed by atoms with Gasteiger partial charge in [0, 0.05) is 18.5 Å².